The fraction of sp³-hybridized carbons (Fsp3) is 0.562. The average Bonchev–Trinajstić information content (AvgIpc) is 2.44. The van der Waals surface area contributed by atoms with Crippen molar-refractivity contribution >= 4 is 35.6 Å². The first-order valence-electron chi connectivity index (χ1n) is 7.45. The van der Waals surface area contributed by atoms with Crippen LogP contribution in [-0.2, 0) is 0 Å². The summed E-state index contributed by atoms with van der Waals surface area (Å²) in [7, 11) is 2.19. The van der Waals surface area contributed by atoms with Gasteiger partial charge in [-0.05, 0) is 64.4 Å². The van der Waals surface area contributed by atoms with Crippen molar-refractivity contribution in [3.05, 3.63) is 29.8 Å². The molecule has 2 rings (SSSR count). The first-order chi connectivity index (χ1) is 9.63. The maximum Gasteiger partial charge on any atom is 0.193 e. The molecule has 0 radical (unpaired) electrons. The van der Waals surface area contributed by atoms with Crippen molar-refractivity contribution in [3.63, 3.8) is 0 Å². The monoisotopic (exact) mass is 402 g/mol. The minimum absolute atomic E-state index is 0. The van der Waals surface area contributed by atoms with Gasteiger partial charge in [0.25, 0.3) is 0 Å². The van der Waals surface area contributed by atoms with Crippen molar-refractivity contribution in [2.45, 2.75) is 26.2 Å². The molecule has 0 aliphatic carbocycles. The number of anilines is 1. The van der Waals surface area contributed by atoms with Gasteiger partial charge in [-0.25, -0.2) is 0 Å². The third-order valence-corrected chi connectivity index (χ3v) is 3.98. The number of hydrogen-bond acceptors (Lipinski definition) is 2. The molecule has 4 nitrogen and oxygen atoms in total. The Hall–Kier alpha value is -0.820. The zero-order valence-corrected chi connectivity index (χ0v) is 15.3. The van der Waals surface area contributed by atoms with Crippen LogP contribution in [0.3, 0.4) is 0 Å². The molecule has 118 valence electrons. The van der Waals surface area contributed by atoms with E-state index in [-0.39, 0.29) is 24.0 Å². The van der Waals surface area contributed by atoms with Gasteiger partial charge in [0, 0.05) is 12.2 Å². The molecule has 1 saturated heterocycles. The number of aliphatic imine (C=N–C) groups is 1. The second-order valence-corrected chi connectivity index (χ2v) is 5.79. The van der Waals surface area contributed by atoms with E-state index in [2.05, 4.69) is 41.3 Å². The van der Waals surface area contributed by atoms with E-state index in [0.717, 1.165) is 24.6 Å². The Balaban J connectivity index is 0.00000220. The summed E-state index contributed by atoms with van der Waals surface area (Å²) in [6.45, 7) is 5.32. The molecule has 21 heavy (non-hydrogen) atoms. The lowest BCUT2D eigenvalue weighted by Gasteiger charge is -2.28. The second kappa shape index (κ2) is 9.25. The van der Waals surface area contributed by atoms with E-state index >= 15 is 0 Å². The maximum absolute atomic E-state index is 5.91. The molecule has 0 spiro atoms. The Morgan fingerprint density at radius 1 is 1.29 bits per heavy atom. The molecule has 0 amide bonds. The number of halogens is 1. The second-order valence-electron chi connectivity index (χ2n) is 5.79. The quantitative estimate of drug-likeness (QED) is 0.463. The van der Waals surface area contributed by atoms with Gasteiger partial charge in [-0.2, -0.15) is 0 Å². The summed E-state index contributed by atoms with van der Waals surface area (Å²) >= 11 is 0. The summed E-state index contributed by atoms with van der Waals surface area (Å²) in [6.07, 6.45) is 3.72. The fourth-order valence-corrected chi connectivity index (χ4v) is 2.54. The smallest absolute Gasteiger partial charge is 0.193 e. The molecule has 1 fully saturated rings. The molecular formula is C16H27IN4. The SMILES string of the molecule is Cc1ccc(NC(N)=NCCC2CCN(C)CC2)cc1.I. The number of rotatable bonds is 4. The molecule has 0 aromatic heterocycles. The van der Waals surface area contributed by atoms with Gasteiger partial charge in [-0.15, -0.1) is 24.0 Å². The Bertz CT molecular complexity index is 436. The van der Waals surface area contributed by atoms with Gasteiger partial charge in [0.05, 0.1) is 0 Å². The van der Waals surface area contributed by atoms with Crippen LogP contribution in [-0.4, -0.2) is 37.5 Å². The van der Waals surface area contributed by atoms with Crippen LogP contribution in [0.1, 0.15) is 24.8 Å². The third kappa shape index (κ3) is 6.65. The Morgan fingerprint density at radius 3 is 2.52 bits per heavy atom. The van der Waals surface area contributed by atoms with Crippen molar-refractivity contribution < 1.29 is 0 Å². The number of guanidine groups is 1. The third-order valence-electron chi connectivity index (χ3n) is 3.98. The molecule has 1 aromatic carbocycles. The molecule has 3 N–H and O–H groups in total. The van der Waals surface area contributed by atoms with Crippen LogP contribution < -0.4 is 11.1 Å². The van der Waals surface area contributed by atoms with Gasteiger partial charge in [-0.1, -0.05) is 17.7 Å². The van der Waals surface area contributed by atoms with E-state index in [4.69, 9.17) is 5.73 Å². The molecule has 1 heterocycles. The molecule has 0 atom stereocenters. The van der Waals surface area contributed by atoms with Crippen molar-refractivity contribution in [2.24, 2.45) is 16.6 Å². The lowest BCUT2D eigenvalue weighted by atomic mass is 9.94. The normalized spacial score (nSPS) is 17.3. The summed E-state index contributed by atoms with van der Waals surface area (Å²) < 4.78 is 0. The number of likely N-dealkylation sites (tertiary alicyclic amines) is 1. The zero-order chi connectivity index (χ0) is 14.4. The van der Waals surface area contributed by atoms with Crippen molar-refractivity contribution in [3.8, 4) is 0 Å². The standard InChI is InChI=1S/C16H26N4.HI/c1-13-3-5-15(6-4-13)19-16(17)18-10-7-14-8-11-20(2)12-9-14;/h3-6,14H,7-12H2,1-2H3,(H3,17,18,19);1H. The molecule has 0 bridgehead atoms. The Morgan fingerprint density at radius 2 is 1.90 bits per heavy atom. The fourth-order valence-electron chi connectivity index (χ4n) is 2.54. The van der Waals surface area contributed by atoms with Gasteiger partial charge < -0.3 is 16.0 Å². The highest BCUT2D eigenvalue weighted by atomic mass is 127. The lowest BCUT2D eigenvalue weighted by molar-refractivity contribution is 0.214. The summed E-state index contributed by atoms with van der Waals surface area (Å²) in [4.78, 5) is 6.82. The minimum Gasteiger partial charge on any atom is -0.370 e. The van der Waals surface area contributed by atoms with E-state index in [1.165, 1.54) is 31.5 Å². The predicted octanol–water partition coefficient (Wildman–Crippen LogP) is 3.07. The average molecular weight is 402 g/mol. The zero-order valence-electron chi connectivity index (χ0n) is 13.0. The number of nitrogens with one attached hydrogen (secondary N) is 1. The summed E-state index contributed by atoms with van der Waals surface area (Å²) in [5, 5.41) is 3.13. The first kappa shape index (κ1) is 18.2. The van der Waals surface area contributed by atoms with Crippen LogP contribution in [0.2, 0.25) is 0 Å². The predicted molar refractivity (Wildman–Crippen MR) is 102 cm³/mol. The van der Waals surface area contributed by atoms with Gasteiger partial charge in [-0.3, -0.25) is 4.99 Å². The van der Waals surface area contributed by atoms with E-state index in [9.17, 15) is 0 Å². The van der Waals surface area contributed by atoms with Crippen LogP contribution in [0.5, 0.6) is 0 Å². The lowest BCUT2D eigenvalue weighted by Crippen LogP contribution is -2.30. The summed E-state index contributed by atoms with van der Waals surface area (Å²) in [5.74, 6) is 1.32. The van der Waals surface area contributed by atoms with Crippen LogP contribution in [0.4, 0.5) is 5.69 Å². The molecule has 0 saturated carbocycles. The molecule has 1 aromatic rings. The highest BCUT2D eigenvalue weighted by Crippen LogP contribution is 2.19. The highest BCUT2D eigenvalue weighted by Gasteiger charge is 2.15. The maximum atomic E-state index is 5.91. The minimum atomic E-state index is 0. The molecule has 1 aliphatic heterocycles. The van der Waals surface area contributed by atoms with E-state index in [1.807, 2.05) is 12.1 Å². The van der Waals surface area contributed by atoms with Crippen LogP contribution >= 0.6 is 24.0 Å². The Labute approximate surface area is 145 Å². The molecule has 5 heteroatoms. The largest absolute Gasteiger partial charge is 0.370 e. The summed E-state index contributed by atoms with van der Waals surface area (Å²) in [5.41, 5.74) is 8.15. The van der Waals surface area contributed by atoms with Crippen molar-refractivity contribution in [2.75, 3.05) is 32.0 Å². The number of nitrogens with zero attached hydrogens (tertiary/aromatic N) is 2. The summed E-state index contributed by atoms with van der Waals surface area (Å²) in [6, 6.07) is 8.17. The molecule has 0 unspecified atom stereocenters. The highest BCUT2D eigenvalue weighted by molar-refractivity contribution is 14.0. The first-order valence-corrected chi connectivity index (χ1v) is 7.45. The van der Waals surface area contributed by atoms with Crippen molar-refractivity contribution in [1.82, 2.24) is 4.90 Å². The van der Waals surface area contributed by atoms with Crippen LogP contribution in [0.15, 0.2) is 29.3 Å². The van der Waals surface area contributed by atoms with E-state index in [0.29, 0.717) is 5.96 Å². The molecule has 1 aliphatic rings. The van der Waals surface area contributed by atoms with Gasteiger partial charge in [0.15, 0.2) is 5.96 Å². The van der Waals surface area contributed by atoms with Gasteiger partial charge >= 0.3 is 0 Å². The van der Waals surface area contributed by atoms with E-state index in [1.54, 1.807) is 0 Å². The van der Waals surface area contributed by atoms with Crippen LogP contribution in [0.25, 0.3) is 0 Å². The van der Waals surface area contributed by atoms with Gasteiger partial charge in [0.2, 0.25) is 0 Å². The van der Waals surface area contributed by atoms with Gasteiger partial charge in [0.1, 0.15) is 0 Å². The number of benzene rings is 1. The number of piperidine rings is 1. The van der Waals surface area contributed by atoms with E-state index < -0.39 is 0 Å². The molecular weight excluding hydrogens is 375 g/mol. The van der Waals surface area contributed by atoms with Crippen molar-refractivity contribution in [1.29, 1.82) is 0 Å². The Kier molecular flexibility index (Phi) is 8.03. The number of nitrogens with two attached hydrogens (primary N) is 1. The van der Waals surface area contributed by atoms with Crippen LogP contribution in [0, 0.1) is 12.8 Å². The number of hydrogen-bond donors (Lipinski definition) is 2. The topological polar surface area (TPSA) is 53.6 Å². The number of aryl methyl sites for hydroxylation is 1.